The molecule has 0 aromatic heterocycles. The van der Waals surface area contributed by atoms with E-state index in [9.17, 15) is 5.11 Å². The van der Waals surface area contributed by atoms with E-state index in [0.717, 1.165) is 24.9 Å². The fourth-order valence-electron chi connectivity index (χ4n) is 1.68. The lowest BCUT2D eigenvalue weighted by Crippen LogP contribution is -2.29. The Labute approximate surface area is 105 Å². The highest BCUT2D eigenvalue weighted by Gasteiger charge is 2.26. The van der Waals surface area contributed by atoms with Gasteiger partial charge in [0.1, 0.15) is 0 Å². The number of halogens is 1. The van der Waals surface area contributed by atoms with Crippen molar-refractivity contribution in [3.05, 3.63) is 35.9 Å². The van der Waals surface area contributed by atoms with Crippen LogP contribution in [0.15, 0.2) is 30.3 Å². The zero-order valence-corrected chi connectivity index (χ0v) is 11.1. The van der Waals surface area contributed by atoms with Gasteiger partial charge in [0.25, 0.3) is 0 Å². The van der Waals surface area contributed by atoms with Crippen molar-refractivity contribution < 1.29 is 5.11 Å². The van der Waals surface area contributed by atoms with Crippen LogP contribution in [0, 0.1) is 0 Å². The van der Waals surface area contributed by atoms with Gasteiger partial charge in [0.05, 0.1) is 5.60 Å². The third-order valence-corrected chi connectivity index (χ3v) is 2.87. The third-order valence-electron chi connectivity index (χ3n) is 2.87. The Kier molecular flexibility index (Phi) is 6.65. The van der Waals surface area contributed by atoms with Crippen molar-refractivity contribution in [1.29, 1.82) is 0 Å². The number of hydrogen-bond acceptors (Lipinski definition) is 2. The van der Waals surface area contributed by atoms with Crippen LogP contribution in [0.25, 0.3) is 0 Å². The van der Waals surface area contributed by atoms with Crippen molar-refractivity contribution in [3.63, 3.8) is 0 Å². The van der Waals surface area contributed by atoms with E-state index in [4.69, 9.17) is 0 Å². The summed E-state index contributed by atoms with van der Waals surface area (Å²) in [7, 11) is 4.06. The molecule has 1 unspecified atom stereocenters. The molecule has 1 aromatic carbocycles. The molecule has 2 nitrogen and oxygen atoms in total. The van der Waals surface area contributed by atoms with Gasteiger partial charge in [-0.25, -0.2) is 0 Å². The minimum atomic E-state index is -0.675. The molecule has 0 aliphatic carbocycles. The number of benzene rings is 1. The summed E-state index contributed by atoms with van der Waals surface area (Å²) < 4.78 is 0. The van der Waals surface area contributed by atoms with Crippen LogP contribution >= 0.6 is 12.4 Å². The summed E-state index contributed by atoms with van der Waals surface area (Å²) in [4.78, 5) is 2.10. The highest BCUT2D eigenvalue weighted by atomic mass is 35.5. The maximum absolute atomic E-state index is 10.5. The topological polar surface area (TPSA) is 23.5 Å². The second-order valence-corrected chi connectivity index (χ2v) is 4.30. The molecule has 0 fully saturated rings. The Hall–Kier alpha value is -0.570. The number of hydrogen-bond donors (Lipinski definition) is 1. The first-order chi connectivity index (χ1) is 7.08. The molecule has 1 atom stereocenters. The molecule has 1 rings (SSSR count). The van der Waals surface area contributed by atoms with Gasteiger partial charge in [0.2, 0.25) is 0 Å². The molecule has 0 aliphatic heterocycles. The van der Waals surface area contributed by atoms with Crippen LogP contribution in [0.2, 0.25) is 0 Å². The molecule has 0 saturated heterocycles. The fraction of sp³-hybridized carbons (Fsp3) is 0.538. The van der Waals surface area contributed by atoms with Gasteiger partial charge in [0.15, 0.2) is 0 Å². The lowest BCUT2D eigenvalue weighted by molar-refractivity contribution is 0.0171. The molecule has 0 spiro atoms. The Morgan fingerprint density at radius 3 is 2.19 bits per heavy atom. The van der Waals surface area contributed by atoms with E-state index < -0.39 is 5.60 Å². The van der Waals surface area contributed by atoms with E-state index in [1.807, 2.05) is 51.4 Å². The lowest BCUT2D eigenvalue weighted by atomic mass is 9.88. The Bertz CT molecular complexity index is 289. The summed E-state index contributed by atoms with van der Waals surface area (Å²) in [5.41, 5.74) is 0.347. The predicted octanol–water partition coefficient (Wildman–Crippen LogP) is 2.66. The van der Waals surface area contributed by atoms with Crippen LogP contribution in [-0.2, 0) is 5.60 Å². The molecular formula is C13H22ClNO. The molecule has 0 saturated carbocycles. The standard InChI is InChI=1S/C13H21NO.ClH/c1-4-13(15,10-11-14(2)3)12-8-6-5-7-9-12;/h5-9,15H,4,10-11H2,1-3H3;1H. The van der Waals surface area contributed by atoms with Gasteiger partial charge in [-0.1, -0.05) is 37.3 Å². The summed E-state index contributed by atoms with van der Waals surface area (Å²) in [5.74, 6) is 0. The van der Waals surface area contributed by atoms with Crippen molar-refractivity contribution in [1.82, 2.24) is 4.90 Å². The van der Waals surface area contributed by atoms with E-state index in [0.29, 0.717) is 0 Å². The summed E-state index contributed by atoms with van der Waals surface area (Å²) in [6.07, 6.45) is 1.53. The summed E-state index contributed by atoms with van der Waals surface area (Å²) in [5, 5.41) is 10.5. The molecule has 0 amide bonds. The monoisotopic (exact) mass is 243 g/mol. The van der Waals surface area contributed by atoms with Crippen LogP contribution < -0.4 is 0 Å². The number of aliphatic hydroxyl groups is 1. The van der Waals surface area contributed by atoms with Crippen LogP contribution in [-0.4, -0.2) is 30.6 Å². The number of nitrogens with zero attached hydrogens (tertiary/aromatic N) is 1. The van der Waals surface area contributed by atoms with Crippen LogP contribution in [0.4, 0.5) is 0 Å². The molecular weight excluding hydrogens is 222 g/mol. The van der Waals surface area contributed by atoms with Gasteiger partial charge < -0.3 is 10.0 Å². The first kappa shape index (κ1) is 15.4. The highest BCUT2D eigenvalue weighted by Crippen LogP contribution is 2.28. The second kappa shape index (κ2) is 6.89. The van der Waals surface area contributed by atoms with Crippen LogP contribution in [0.1, 0.15) is 25.3 Å². The lowest BCUT2D eigenvalue weighted by Gasteiger charge is -2.28. The summed E-state index contributed by atoms with van der Waals surface area (Å²) in [6.45, 7) is 2.93. The molecule has 0 aliphatic rings. The van der Waals surface area contributed by atoms with Crippen molar-refractivity contribution in [2.24, 2.45) is 0 Å². The zero-order chi connectivity index (χ0) is 11.3. The molecule has 0 radical (unpaired) electrons. The summed E-state index contributed by atoms with van der Waals surface area (Å²) >= 11 is 0. The molecule has 3 heteroatoms. The Balaban J connectivity index is 0.00000225. The smallest absolute Gasteiger partial charge is 0.0906 e. The highest BCUT2D eigenvalue weighted by molar-refractivity contribution is 5.85. The predicted molar refractivity (Wildman–Crippen MR) is 71.0 cm³/mol. The van der Waals surface area contributed by atoms with Crippen molar-refractivity contribution in [2.75, 3.05) is 20.6 Å². The van der Waals surface area contributed by atoms with Gasteiger partial charge in [-0.05, 0) is 32.5 Å². The molecule has 16 heavy (non-hydrogen) atoms. The van der Waals surface area contributed by atoms with Crippen LogP contribution in [0.3, 0.4) is 0 Å². The molecule has 92 valence electrons. The average Bonchev–Trinajstić information content (AvgIpc) is 2.27. The fourth-order valence-corrected chi connectivity index (χ4v) is 1.68. The minimum Gasteiger partial charge on any atom is -0.385 e. The van der Waals surface area contributed by atoms with Gasteiger partial charge in [-0.2, -0.15) is 0 Å². The first-order valence-corrected chi connectivity index (χ1v) is 5.51. The van der Waals surface area contributed by atoms with E-state index >= 15 is 0 Å². The van der Waals surface area contributed by atoms with E-state index in [1.54, 1.807) is 0 Å². The van der Waals surface area contributed by atoms with Gasteiger partial charge in [-0.15, -0.1) is 12.4 Å². The van der Waals surface area contributed by atoms with Crippen molar-refractivity contribution in [3.8, 4) is 0 Å². The normalized spacial score (nSPS) is 14.3. The molecule has 1 N–H and O–H groups in total. The van der Waals surface area contributed by atoms with Gasteiger partial charge >= 0.3 is 0 Å². The largest absolute Gasteiger partial charge is 0.385 e. The Morgan fingerprint density at radius 2 is 1.75 bits per heavy atom. The van der Waals surface area contributed by atoms with Crippen LogP contribution in [0.5, 0.6) is 0 Å². The maximum atomic E-state index is 10.5. The molecule has 1 aromatic rings. The maximum Gasteiger partial charge on any atom is 0.0906 e. The summed E-state index contributed by atoms with van der Waals surface area (Å²) in [6, 6.07) is 9.93. The van der Waals surface area contributed by atoms with E-state index in [2.05, 4.69) is 4.90 Å². The molecule has 0 bridgehead atoms. The average molecular weight is 244 g/mol. The quantitative estimate of drug-likeness (QED) is 0.860. The number of rotatable bonds is 5. The Morgan fingerprint density at radius 1 is 1.19 bits per heavy atom. The molecule has 0 heterocycles. The van der Waals surface area contributed by atoms with Crippen molar-refractivity contribution >= 4 is 12.4 Å². The SMILES string of the molecule is CCC(O)(CCN(C)C)c1ccccc1.Cl. The minimum absolute atomic E-state index is 0. The van der Waals surface area contributed by atoms with Gasteiger partial charge in [0, 0.05) is 6.54 Å². The van der Waals surface area contributed by atoms with Crippen molar-refractivity contribution in [2.45, 2.75) is 25.4 Å². The van der Waals surface area contributed by atoms with Gasteiger partial charge in [-0.3, -0.25) is 0 Å². The zero-order valence-electron chi connectivity index (χ0n) is 10.3. The third kappa shape index (κ3) is 4.12. The van der Waals surface area contributed by atoms with E-state index in [-0.39, 0.29) is 12.4 Å². The van der Waals surface area contributed by atoms with E-state index in [1.165, 1.54) is 0 Å². The second-order valence-electron chi connectivity index (χ2n) is 4.30. The first-order valence-electron chi connectivity index (χ1n) is 5.51.